The third-order valence-corrected chi connectivity index (χ3v) is 4.14. The molecule has 0 unspecified atom stereocenters. The number of hydrogen-bond donors (Lipinski definition) is 2. The Morgan fingerprint density at radius 1 is 1.26 bits per heavy atom. The van der Waals surface area contributed by atoms with E-state index in [-0.39, 0.29) is 5.82 Å². The van der Waals surface area contributed by atoms with Crippen molar-refractivity contribution >= 4 is 5.96 Å². The van der Waals surface area contributed by atoms with Crippen molar-refractivity contribution in [3.63, 3.8) is 0 Å². The highest BCUT2D eigenvalue weighted by atomic mass is 19.1. The van der Waals surface area contributed by atoms with Crippen LogP contribution in [-0.2, 0) is 19.5 Å². The molecule has 0 saturated carbocycles. The van der Waals surface area contributed by atoms with Crippen LogP contribution in [0.5, 0.6) is 0 Å². The summed E-state index contributed by atoms with van der Waals surface area (Å²) in [5.74, 6) is 1.31. The Hall–Kier alpha value is -3.23. The van der Waals surface area contributed by atoms with Gasteiger partial charge in [0.1, 0.15) is 18.0 Å². The van der Waals surface area contributed by atoms with Crippen molar-refractivity contribution in [2.45, 2.75) is 26.4 Å². The zero-order valence-corrected chi connectivity index (χ0v) is 15.4. The minimum absolute atomic E-state index is 0.296. The van der Waals surface area contributed by atoms with Crippen LogP contribution in [0.1, 0.15) is 18.3 Å². The van der Waals surface area contributed by atoms with Gasteiger partial charge in [-0.3, -0.25) is 4.99 Å². The summed E-state index contributed by atoms with van der Waals surface area (Å²) in [7, 11) is 1.70. The number of halogens is 1. The largest absolute Gasteiger partial charge is 0.355 e. The molecule has 0 aliphatic rings. The second-order valence-electron chi connectivity index (χ2n) is 5.90. The molecule has 0 aliphatic carbocycles. The number of aryl methyl sites for hydroxylation is 1. The normalized spacial score (nSPS) is 11.6. The molecule has 27 heavy (non-hydrogen) atoms. The fourth-order valence-corrected chi connectivity index (χ4v) is 2.71. The van der Waals surface area contributed by atoms with Crippen LogP contribution in [0.15, 0.2) is 48.2 Å². The summed E-state index contributed by atoms with van der Waals surface area (Å²) in [6.07, 6.45) is 7.46. The minimum Gasteiger partial charge on any atom is -0.355 e. The standard InChI is InChI=1S/C18H23FN8/c1-3-17-25-24-13-27(17)9-7-22-18(20-2)23-11-14-4-5-16(15(19)10-14)26-8-6-21-12-26/h4-6,8,10,12-13H,3,7,9,11H2,1-2H3,(H2,20,22,23). The van der Waals surface area contributed by atoms with E-state index in [1.807, 2.05) is 17.6 Å². The molecule has 3 aromatic rings. The molecule has 9 heteroatoms. The van der Waals surface area contributed by atoms with Gasteiger partial charge >= 0.3 is 0 Å². The first-order valence-corrected chi connectivity index (χ1v) is 8.79. The van der Waals surface area contributed by atoms with Gasteiger partial charge in [-0.1, -0.05) is 13.0 Å². The average molecular weight is 370 g/mol. The number of rotatable bonds is 7. The molecule has 0 aliphatic heterocycles. The van der Waals surface area contributed by atoms with E-state index in [1.165, 1.54) is 6.07 Å². The van der Waals surface area contributed by atoms with Crippen molar-refractivity contribution in [2.24, 2.45) is 4.99 Å². The fourth-order valence-electron chi connectivity index (χ4n) is 2.71. The maximum Gasteiger partial charge on any atom is 0.191 e. The highest BCUT2D eigenvalue weighted by molar-refractivity contribution is 5.79. The Morgan fingerprint density at radius 2 is 2.15 bits per heavy atom. The number of hydrogen-bond acceptors (Lipinski definition) is 4. The second-order valence-corrected chi connectivity index (χ2v) is 5.90. The van der Waals surface area contributed by atoms with Crippen molar-refractivity contribution in [2.75, 3.05) is 13.6 Å². The van der Waals surface area contributed by atoms with Gasteiger partial charge in [0.25, 0.3) is 0 Å². The van der Waals surface area contributed by atoms with E-state index in [4.69, 9.17) is 0 Å². The molecule has 3 rings (SSSR count). The maximum atomic E-state index is 14.3. The summed E-state index contributed by atoms with van der Waals surface area (Å²) in [6, 6.07) is 5.13. The van der Waals surface area contributed by atoms with Gasteiger partial charge in [-0.05, 0) is 17.7 Å². The van der Waals surface area contributed by atoms with Crippen molar-refractivity contribution in [3.05, 3.63) is 60.5 Å². The van der Waals surface area contributed by atoms with Crippen molar-refractivity contribution in [3.8, 4) is 5.69 Å². The maximum absolute atomic E-state index is 14.3. The molecule has 0 bridgehead atoms. The first-order chi connectivity index (χ1) is 13.2. The summed E-state index contributed by atoms with van der Waals surface area (Å²) in [6.45, 7) is 3.93. The predicted molar refractivity (Wildman–Crippen MR) is 101 cm³/mol. The smallest absolute Gasteiger partial charge is 0.191 e. The summed E-state index contributed by atoms with van der Waals surface area (Å²) < 4.78 is 18.0. The molecule has 0 atom stereocenters. The van der Waals surface area contributed by atoms with Gasteiger partial charge in [-0.15, -0.1) is 10.2 Å². The van der Waals surface area contributed by atoms with Crippen LogP contribution < -0.4 is 10.6 Å². The number of nitrogens with one attached hydrogen (secondary N) is 2. The molecule has 2 heterocycles. The van der Waals surface area contributed by atoms with E-state index in [0.717, 1.165) is 24.4 Å². The fraction of sp³-hybridized carbons (Fsp3) is 0.333. The molecule has 142 valence electrons. The van der Waals surface area contributed by atoms with Crippen LogP contribution in [0.4, 0.5) is 4.39 Å². The second kappa shape index (κ2) is 8.93. The number of imidazole rings is 1. The van der Waals surface area contributed by atoms with E-state index in [2.05, 4.69) is 30.8 Å². The highest BCUT2D eigenvalue weighted by Gasteiger charge is 2.06. The number of nitrogens with zero attached hydrogens (tertiary/aromatic N) is 6. The van der Waals surface area contributed by atoms with Crippen LogP contribution in [0.3, 0.4) is 0 Å². The average Bonchev–Trinajstić information content (AvgIpc) is 3.36. The third-order valence-electron chi connectivity index (χ3n) is 4.14. The zero-order chi connectivity index (χ0) is 19.1. The van der Waals surface area contributed by atoms with E-state index < -0.39 is 0 Å². The molecule has 1 aromatic carbocycles. The van der Waals surface area contributed by atoms with Crippen LogP contribution >= 0.6 is 0 Å². The highest BCUT2D eigenvalue weighted by Crippen LogP contribution is 2.14. The Balaban J connectivity index is 1.51. The van der Waals surface area contributed by atoms with Crippen LogP contribution in [0, 0.1) is 5.82 Å². The van der Waals surface area contributed by atoms with Gasteiger partial charge in [0, 0.05) is 45.5 Å². The SMILES string of the molecule is CCc1nncn1CCNC(=NC)NCc1ccc(-n2ccnc2)c(F)c1. The zero-order valence-electron chi connectivity index (χ0n) is 15.4. The summed E-state index contributed by atoms with van der Waals surface area (Å²) in [5.41, 5.74) is 1.30. The Labute approximate surface area is 157 Å². The van der Waals surface area contributed by atoms with Gasteiger partial charge in [0.05, 0.1) is 12.0 Å². The molecular weight excluding hydrogens is 347 g/mol. The Morgan fingerprint density at radius 3 is 2.85 bits per heavy atom. The van der Waals surface area contributed by atoms with E-state index in [1.54, 1.807) is 42.7 Å². The van der Waals surface area contributed by atoms with E-state index in [0.29, 0.717) is 24.7 Å². The lowest BCUT2D eigenvalue weighted by molar-refractivity contribution is 0.614. The van der Waals surface area contributed by atoms with Gasteiger partial charge in [-0.2, -0.15) is 0 Å². The number of aromatic nitrogens is 5. The number of aliphatic imine (C=N–C) groups is 1. The quantitative estimate of drug-likeness (QED) is 0.487. The van der Waals surface area contributed by atoms with Gasteiger partial charge in [-0.25, -0.2) is 9.37 Å². The van der Waals surface area contributed by atoms with Crippen molar-refractivity contribution < 1.29 is 4.39 Å². The van der Waals surface area contributed by atoms with Crippen molar-refractivity contribution in [1.82, 2.24) is 34.9 Å². The molecular formula is C18H23FN8. The van der Waals surface area contributed by atoms with E-state index in [9.17, 15) is 4.39 Å². The molecule has 8 nitrogen and oxygen atoms in total. The predicted octanol–water partition coefficient (Wildman–Crippen LogP) is 1.53. The first-order valence-electron chi connectivity index (χ1n) is 8.79. The van der Waals surface area contributed by atoms with Crippen LogP contribution in [0.25, 0.3) is 5.69 Å². The number of guanidine groups is 1. The lowest BCUT2D eigenvalue weighted by Crippen LogP contribution is -2.38. The summed E-state index contributed by atoms with van der Waals surface area (Å²) >= 11 is 0. The molecule has 2 aromatic heterocycles. The first kappa shape index (κ1) is 18.6. The Bertz CT molecular complexity index is 885. The molecule has 0 radical (unpaired) electrons. The minimum atomic E-state index is -0.296. The molecule has 0 fully saturated rings. The molecule has 0 saturated heterocycles. The van der Waals surface area contributed by atoms with Gasteiger partial charge in [0.15, 0.2) is 5.96 Å². The molecule has 2 N–H and O–H groups in total. The lowest BCUT2D eigenvalue weighted by Gasteiger charge is -2.13. The van der Waals surface area contributed by atoms with Crippen LogP contribution in [0.2, 0.25) is 0 Å². The lowest BCUT2D eigenvalue weighted by atomic mass is 10.2. The molecule has 0 amide bonds. The number of benzene rings is 1. The van der Waals surface area contributed by atoms with E-state index >= 15 is 0 Å². The Kier molecular flexibility index (Phi) is 6.14. The summed E-state index contributed by atoms with van der Waals surface area (Å²) in [4.78, 5) is 8.13. The monoisotopic (exact) mass is 370 g/mol. The van der Waals surface area contributed by atoms with Gasteiger partial charge in [0.2, 0.25) is 0 Å². The van der Waals surface area contributed by atoms with Crippen LogP contribution in [-0.4, -0.2) is 43.9 Å². The topological polar surface area (TPSA) is 85.0 Å². The van der Waals surface area contributed by atoms with Gasteiger partial charge < -0.3 is 19.8 Å². The van der Waals surface area contributed by atoms with Crippen molar-refractivity contribution in [1.29, 1.82) is 0 Å². The molecule has 0 spiro atoms. The summed E-state index contributed by atoms with van der Waals surface area (Å²) in [5, 5.41) is 14.4. The third kappa shape index (κ3) is 4.69.